The highest BCUT2D eigenvalue weighted by Gasteiger charge is 2.30. The molecule has 134 valence electrons. The summed E-state index contributed by atoms with van der Waals surface area (Å²) in [6, 6.07) is 19.2. The second kappa shape index (κ2) is 7.03. The number of primary amides is 1. The summed E-state index contributed by atoms with van der Waals surface area (Å²) < 4.78 is 0. The maximum atomic E-state index is 12.8. The third kappa shape index (κ3) is 3.31. The number of fused-ring (bicyclic) bond motifs is 2. The quantitative estimate of drug-likeness (QED) is 0.731. The van der Waals surface area contributed by atoms with Gasteiger partial charge in [-0.05, 0) is 36.3 Å². The van der Waals surface area contributed by atoms with Gasteiger partial charge in [-0.1, -0.05) is 42.5 Å². The number of carbonyl (C=O) groups is 2. The lowest BCUT2D eigenvalue weighted by atomic mass is 9.89. The average molecular weight is 357 g/mol. The highest BCUT2D eigenvalue weighted by molar-refractivity contribution is 6.05. The number of amides is 2. The van der Waals surface area contributed by atoms with Crippen LogP contribution in [0.4, 0.5) is 5.69 Å². The Bertz CT molecular complexity index is 1060. The van der Waals surface area contributed by atoms with Gasteiger partial charge in [0, 0.05) is 23.7 Å². The molecule has 3 aromatic rings. The standard InChI is InChI=1S/C22H19N3O2/c23-22(27)18-13-14-25(20-8-4-2-6-17(18)20)21(26)12-11-16-10-9-15-5-1-3-7-19(15)24-16/h1-12,18H,13-14H2,(H2,23,27)/b12-11+. The smallest absolute Gasteiger partial charge is 0.251 e. The van der Waals surface area contributed by atoms with Crippen LogP contribution in [0.2, 0.25) is 0 Å². The number of nitrogens with zero attached hydrogens (tertiary/aromatic N) is 2. The Hall–Kier alpha value is -3.47. The van der Waals surface area contributed by atoms with Gasteiger partial charge in [0.25, 0.3) is 5.91 Å². The van der Waals surface area contributed by atoms with Crippen molar-refractivity contribution < 1.29 is 9.59 Å². The van der Waals surface area contributed by atoms with Gasteiger partial charge in [-0.15, -0.1) is 0 Å². The molecule has 1 unspecified atom stereocenters. The molecule has 0 saturated carbocycles. The molecule has 2 amide bonds. The molecule has 2 aromatic carbocycles. The first-order valence-corrected chi connectivity index (χ1v) is 8.87. The molecule has 0 spiro atoms. The summed E-state index contributed by atoms with van der Waals surface area (Å²) in [6.45, 7) is 0.457. The largest absolute Gasteiger partial charge is 0.369 e. The zero-order valence-corrected chi connectivity index (χ0v) is 14.7. The van der Waals surface area contributed by atoms with Crippen LogP contribution in [0, 0.1) is 0 Å². The SMILES string of the molecule is NC(=O)C1CCN(C(=O)/C=C/c2ccc3ccccc3n2)c2ccccc21. The lowest BCUT2D eigenvalue weighted by molar-refractivity contribution is -0.120. The Labute approximate surface area is 157 Å². The van der Waals surface area contributed by atoms with Crippen molar-refractivity contribution >= 4 is 34.5 Å². The van der Waals surface area contributed by atoms with Gasteiger partial charge in [0.05, 0.1) is 17.1 Å². The van der Waals surface area contributed by atoms with Crippen molar-refractivity contribution in [3.8, 4) is 0 Å². The normalized spacial score (nSPS) is 16.4. The van der Waals surface area contributed by atoms with Crippen molar-refractivity contribution in [1.29, 1.82) is 0 Å². The highest BCUT2D eigenvalue weighted by atomic mass is 16.2. The van der Waals surface area contributed by atoms with Crippen molar-refractivity contribution in [3.63, 3.8) is 0 Å². The summed E-state index contributed by atoms with van der Waals surface area (Å²) in [5, 5.41) is 1.06. The number of carbonyl (C=O) groups excluding carboxylic acids is 2. The molecule has 1 aromatic heterocycles. The van der Waals surface area contributed by atoms with Crippen molar-refractivity contribution in [3.05, 3.63) is 78.0 Å². The predicted octanol–water partition coefficient (Wildman–Crippen LogP) is 3.25. The van der Waals surface area contributed by atoms with Crippen LogP contribution in [0.15, 0.2) is 66.7 Å². The van der Waals surface area contributed by atoms with Crippen molar-refractivity contribution in [1.82, 2.24) is 4.98 Å². The Morgan fingerprint density at radius 1 is 1.04 bits per heavy atom. The molecular formula is C22H19N3O2. The van der Waals surface area contributed by atoms with E-state index in [4.69, 9.17) is 5.73 Å². The average Bonchev–Trinajstić information content (AvgIpc) is 2.70. The molecule has 4 rings (SSSR count). The van der Waals surface area contributed by atoms with Crippen LogP contribution in [0.5, 0.6) is 0 Å². The molecule has 27 heavy (non-hydrogen) atoms. The molecule has 0 bridgehead atoms. The molecule has 5 heteroatoms. The summed E-state index contributed by atoms with van der Waals surface area (Å²) in [5.74, 6) is -0.845. The number of benzene rings is 2. The van der Waals surface area contributed by atoms with Crippen LogP contribution in [0.1, 0.15) is 23.6 Å². The van der Waals surface area contributed by atoms with Crippen molar-refractivity contribution in [2.24, 2.45) is 5.73 Å². The van der Waals surface area contributed by atoms with E-state index in [1.807, 2.05) is 60.7 Å². The Morgan fingerprint density at radius 3 is 2.67 bits per heavy atom. The minimum absolute atomic E-state index is 0.139. The van der Waals surface area contributed by atoms with E-state index in [1.165, 1.54) is 6.08 Å². The Kier molecular flexibility index (Phi) is 4.42. The van der Waals surface area contributed by atoms with Gasteiger partial charge in [-0.3, -0.25) is 9.59 Å². The van der Waals surface area contributed by atoms with E-state index >= 15 is 0 Å². The number of pyridine rings is 1. The second-order valence-electron chi connectivity index (χ2n) is 6.55. The number of aromatic nitrogens is 1. The molecule has 0 saturated heterocycles. The van der Waals surface area contributed by atoms with Gasteiger partial charge in [0.2, 0.25) is 5.91 Å². The van der Waals surface area contributed by atoms with Gasteiger partial charge >= 0.3 is 0 Å². The first-order chi connectivity index (χ1) is 13.1. The lowest BCUT2D eigenvalue weighted by Gasteiger charge is -2.32. The van der Waals surface area contributed by atoms with E-state index in [-0.39, 0.29) is 17.7 Å². The van der Waals surface area contributed by atoms with E-state index in [0.717, 1.165) is 27.8 Å². The van der Waals surface area contributed by atoms with Crippen LogP contribution >= 0.6 is 0 Å². The van der Waals surface area contributed by atoms with Gasteiger partial charge in [0.1, 0.15) is 0 Å². The van der Waals surface area contributed by atoms with Crippen LogP contribution in [0.25, 0.3) is 17.0 Å². The van der Waals surface area contributed by atoms with Gasteiger partial charge in [0.15, 0.2) is 0 Å². The Balaban J connectivity index is 1.59. The molecule has 0 radical (unpaired) electrons. The lowest BCUT2D eigenvalue weighted by Crippen LogP contribution is -2.38. The van der Waals surface area contributed by atoms with Gasteiger partial charge in [-0.2, -0.15) is 0 Å². The molecule has 5 nitrogen and oxygen atoms in total. The second-order valence-corrected chi connectivity index (χ2v) is 6.55. The number of rotatable bonds is 3. The monoisotopic (exact) mass is 357 g/mol. The molecule has 1 aliphatic rings. The minimum atomic E-state index is -0.356. The molecule has 2 N–H and O–H groups in total. The third-order valence-corrected chi connectivity index (χ3v) is 4.87. The number of anilines is 1. The van der Waals surface area contributed by atoms with E-state index < -0.39 is 0 Å². The fourth-order valence-electron chi connectivity index (χ4n) is 3.51. The topological polar surface area (TPSA) is 76.3 Å². The molecule has 1 atom stereocenters. The van der Waals surface area contributed by atoms with Gasteiger partial charge in [-0.25, -0.2) is 4.98 Å². The summed E-state index contributed by atoms with van der Waals surface area (Å²) in [4.78, 5) is 30.7. The number of para-hydroxylation sites is 2. The van der Waals surface area contributed by atoms with E-state index in [2.05, 4.69) is 4.98 Å². The fourth-order valence-corrected chi connectivity index (χ4v) is 3.51. The zero-order valence-electron chi connectivity index (χ0n) is 14.7. The summed E-state index contributed by atoms with van der Waals surface area (Å²) >= 11 is 0. The molecule has 2 heterocycles. The zero-order chi connectivity index (χ0) is 18.8. The van der Waals surface area contributed by atoms with E-state index in [1.54, 1.807) is 11.0 Å². The maximum Gasteiger partial charge on any atom is 0.251 e. The fraction of sp³-hybridized carbons (Fsp3) is 0.136. The van der Waals surface area contributed by atoms with E-state index in [0.29, 0.717) is 13.0 Å². The summed E-state index contributed by atoms with van der Waals surface area (Å²) in [7, 11) is 0. The van der Waals surface area contributed by atoms with Crippen LogP contribution < -0.4 is 10.6 Å². The Morgan fingerprint density at radius 2 is 1.81 bits per heavy atom. The molecule has 1 aliphatic heterocycles. The van der Waals surface area contributed by atoms with E-state index in [9.17, 15) is 9.59 Å². The first-order valence-electron chi connectivity index (χ1n) is 8.87. The van der Waals surface area contributed by atoms with Crippen LogP contribution in [-0.2, 0) is 9.59 Å². The highest BCUT2D eigenvalue weighted by Crippen LogP contribution is 2.35. The van der Waals surface area contributed by atoms with Crippen LogP contribution in [0.3, 0.4) is 0 Å². The first kappa shape index (κ1) is 17.0. The van der Waals surface area contributed by atoms with Gasteiger partial charge < -0.3 is 10.6 Å². The molecular weight excluding hydrogens is 338 g/mol. The number of nitrogens with two attached hydrogens (primary N) is 1. The third-order valence-electron chi connectivity index (χ3n) is 4.87. The predicted molar refractivity (Wildman–Crippen MR) is 106 cm³/mol. The van der Waals surface area contributed by atoms with Crippen molar-refractivity contribution in [2.75, 3.05) is 11.4 Å². The van der Waals surface area contributed by atoms with Crippen molar-refractivity contribution in [2.45, 2.75) is 12.3 Å². The maximum absolute atomic E-state index is 12.8. The number of hydrogen-bond donors (Lipinski definition) is 1. The summed E-state index contributed by atoms with van der Waals surface area (Å²) in [6.07, 6.45) is 3.77. The molecule has 0 fully saturated rings. The van der Waals surface area contributed by atoms with Crippen LogP contribution in [-0.4, -0.2) is 23.3 Å². The molecule has 0 aliphatic carbocycles. The number of hydrogen-bond acceptors (Lipinski definition) is 3. The summed E-state index contributed by atoms with van der Waals surface area (Å²) in [5.41, 5.74) is 8.68. The minimum Gasteiger partial charge on any atom is -0.369 e.